The number of halogens is 1. The van der Waals surface area contributed by atoms with Crippen molar-refractivity contribution in [2.45, 2.75) is 25.9 Å². The lowest BCUT2D eigenvalue weighted by molar-refractivity contribution is 0.313. The standard InChI is InChI=1S/C17H22FN5/c18-15-6-3-14(4-7-15)5-8-17-16(13-19)20-21-23(17)12-11-22-9-1-2-10-22/h3-8H,1-2,9-13,19H2/b8-5+. The lowest BCUT2D eigenvalue weighted by Gasteiger charge is -2.14. The van der Waals surface area contributed by atoms with Gasteiger partial charge in [0.1, 0.15) is 11.5 Å². The molecular weight excluding hydrogens is 293 g/mol. The lowest BCUT2D eigenvalue weighted by Crippen LogP contribution is -2.25. The minimum absolute atomic E-state index is 0.234. The van der Waals surface area contributed by atoms with Gasteiger partial charge in [-0.2, -0.15) is 0 Å². The largest absolute Gasteiger partial charge is 0.325 e. The van der Waals surface area contributed by atoms with Gasteiger partial charge in [-0.25, -0.2) is 9.07 Å². The molecule has 2 N–H and O–H groups in total. The van der Waals surface area contributed by atoms with Crippen molar-refractivity contribution in [3.05, 3.63) is 47.0 Å². The van der Waals surface area contributed by atoms with E-state index in [1.165, 1.54) is 38.1 Å². The maximum atomic E-state index is 13.0. The summed E-state index contributed by atoms with van der Waals surface area (Å²) in [6.45, 7) is 4.46. The predicted molar refractivity (Wildman–Crippen MR) is 88.9 cm³/mol. The summed E-state index contributed by atoms with van der Waals surface area (Å²) >= 11 is 0. The Morgan fingerprint density at radius 1 is 1.09 bits per heavy atom. The topological polar surface area (TPSA) is 60.0 Å². The molecule has 0 amide bonds. The number of likely N-dealkylation sites (tertiary alicyclic amines) is 1. The molecule has 1 saturated heterocycles. The average molecular weight is 315 g/mol. The summed E-state index contributed by atoms with van der Waals surface area (Å²) in [4.78, 5) is 2.44. The van der Waals surface area contributed by atoms with Crippen molar-refractivity contribution in [3.63, 3.8) is 0 Å². The van der Waals surface area contributed by atoms with Crippen molar-refractivity contribution in [1.82, 2.24) is 19.9 Å². The molecule has 2 heterocycles. The van der Waals surface area contributed by atoms with Crippen LogP contribution in [0.1, 0.15) is 29.8 Å². The van der Waals surface area contributed by atoms with E-state index in [2.05, 4.69) is 15.2 Å². The SMILES string of the molecule is NCc1nnn(CCN2CCCC2)c1/C=C/c1ccc(F)cc1. The Kier molecular flexibility index (Phi) is 5.15. The van der Waals surface area contributed by atoms with Gasteiger partial charge < -0.3 is 10.6 Å². The minimum Gasteiger partial charge on any atom is -0.325 e. The number of hydrogen-bond acceptors (Lipinski definition) is 4. The molecule has 1 fully saturated rings. The monoisotopic (exact) mass is 315 g/mol. The molecule has 1 aromatic heterocycles. The van der Waals surface area contributed by atoms with Gasteiger partial charge in [-0.3, -0.25) is 0 Å². The summed E-state index contributed by atoms with van der Waals surface area (Å²) < 4.78 is 14.9. The van der Waals surface area contributed by atoms with Crippen molar-refractivity contribution in [2.75, 3.05) is 19.6 Å². The summed E-state index contributed by atoms with van der Waals surface area (Å²) in [5, 5.41) is 8.39. The third-order valence-electron chi connectivity index (χ3n) is 4.17. The van der Waals surface area contributed by atoms with Gasteiger partial charge in [0.2, 0.25) is 0 Å². The predicted octanol–water partition coefficient (Wildman–Crippen LogP) is 2.14. The quantitative estimate of drug-likeness (QED) is 0.887. The van der Waals surface area contributed by atoms with Crippen molar-refractivity contribution in [3.8, 4) is 0 Å². The van der Waals surface area contributed by atoms with Crippen LogP contribution in [-0.4, -0.2) is 39.5 Å². The fraction of sp³-hybridized carbons (Fsp3) is 0.412. The zero-order chi connectivity index (χ0) is 16.1. The van der Waals surface area contributed by atoms with Gasteiger partial charge in [0.25, 0.3) is 0 Å². The van der Waals surface area contributed by atoms with Crippen LogP contribution in [0, 0.1) is 5.82 Å². The minimum atomic E-state index is -0.234. The van der Waals surface area contributed by atoms with E-state index >= 15 is 0 Å². The van der Waals surface area contributed by atoms with Crippen LogP contribution in [-0.2, 0) is 13.1 Å². The van der Waals surface area contributed by atoms with Crippen molar-refractivity contribution < 1.29 is 4.39 Å². The summed E-state index contributed by atoms with van der Waals surface area (Å²) in [7, 11) is 0. The molecule has 1 aliphatic heterocycles. The van der Waals surface area contributed by atoms with E-state index < -0.39 is 0 Å². The smallest absolute Gasteiger partial charge is 0.123 e. The Hall–Kier alpha value is -2.05. The van der Waals surface area contributed by atoms with Crippen LogP contribution in [0.3, 0.4) is 0 Å². The van der Waals surface area contributed by atoms with Gasteiger partial charge in [-0.15, -0.1) is 5.10 Å². The molecular formula is C17H22FN5. The van der Waals surface area contributed by atoms with Gasteiger partial charge in [0.15, 0.2) is 0 Å². The zero-order valence-corrected chi connectivity index (χ0v) is 13.2. The van der Waals surface area contributed by atoms with Gasteiger partial charge in [-0.1, -0.05) is 23.4 Å². The van der Waals surface area contributed by atoms with Gasteiger partial charge in [0, 0.05) is 13.1 Å². The van der Waals surface area contributed by atoms with E-state index in [1.54, 1.807) is 12.1 Å². The first-order chi connectivity index (χ1) is 11.3. The highest BCUT2D eigenvalue weighted by Crippen LogP contribution is 2.13. The molecule has 3 rings (SSSR count). The van der Waals surface area contributed by atoms with Crippen molar-refractivity contribution >= 4 is 12.2 Å². The number of nitrogens with zero attached hydrogens (tertiary/aromatic N) is 4. The number of aromatic nitrogens is 3. The Bertz CT molecular complexity index is 656. The van der Waals surface area contributed by atoms with Crippen LogP contribution in [0.15, 0.2) is 24.3 Å². The van der Waals surface area contributed by atoms with Crippen molar-refractivity contribution in [2.24, 2.45) is 5.73 Å². The highest BCUT2D eigenvalue weighted by atomic mass is 19.1. The summed E-state index contributed by atoms with van der Waals surface area (Å²) in [6, 6.07) is 6.39. The zero-order valence-electron chi connectivity index (χ0n) is 13.2. The molecule has 23 heavy (non-hydrogen) atoms. The van der Waals surface area contributed by atoms with Crippen LogP contribution in [0.2, 0.25) is 0 Å². The molecule has 0 aliphatic carbocycles. The summed E-state index contributed by atoms with van der Waals surface area (Å²) in [6.07, 6.45) is 6.45. The van der Waals surface area contributed by atoms with Crippen LogP contribution in [0.4, 0.5) is 4.39 Å². The molecule has 0 unspecified atom stereocenters. The number of hydrogen-bond donors (Lipinski definition) is 1. The summed E-state index contributed by atoms with van der Waals surface area (Å²) in [5.41, 5.74) is 8.40. The fourth-order valence-corrected chi connectivity index (χ4v) is 2.84. The maximum absolute atomic E-state index is 13.0. The molecule has 1 aromatic carbocycles. The fourth-order valence-electron chi connectivity index (χ4n) is 2.84. The highest BCUT2D eigenvalue weighted by molar-refractivity contribution is 5.68. The number of nitrogens with two attached hydrogens (primary N) is 1. The van der Waals surface area contributed by atoms with E-state index in [-0.39, 0.29) is 5.82 Å². The normalized spacial score (nSPS) is 15.7. The van der Waals surface area contributed by atoms with E-state index in [4.69, 9.17) is 5.73 Å². The van der Waals surface area contributed by atoms with E-state index in [0.29, 0.717) is 6.54 Å². The molecule has 122 valence electrons. The van der Waals surface area contributed by atoms with Crippen LogP contribution >= 0.6 is 0 Å². The molecule has 0 bridgehead atoms. The Balaban J connectivity index is 1.73. The van der Waals surface area contributed by atoms with Crippen LogP contribution in [0.25, 0.3) is 12.2 Å². The third kappa shape index (κ3) is 4.03. The average Bonchev–Trinajstić information content (AvgIpc) is 3.21. The highest BCUT2D eigenvalue weighted by Gasteiger charge is 2.13. The van der Waals surface area contributed by atoms with E-state index in [9.17, 15) is 4.39 Å². The van der Waals surface area contributed by atoms with Gasteiger partial charge in [-0.05, 0) is 49.7 Å². The molecule has 1 aliphatic rings. The molecule has 0 saturated carbocycles. The second-order valence-electron chi connectivity index (χ2n) is 5.78. The lowest BCUT2D eigenvalue weighted by atomic mass is 10.2. The molecule has 5 nitrogen and oxygen atoms in total. The first kappa shape index (κ1) is 15.8. The second-order valence-corrected chi connectivity index (χ2v) is 5.78. The molecule has 6 heteroatoms. The first-order valence-corrected chi connectivity index (χ1v) is 8.04. The van der Waals surface area contributed by atoms with E-state index in [0.717, 1.165) is 30.0 Å². The van der Waals surface area contributed by atoms with Crippen LogP contribution < -0.4 is 5.73 Å². The van der Waals surface area contributed by atoms with Crippen molar-refractivity contribution in [1.29, 1.82) is 0 Å². The Labute approximate surface area is 135 Å². The first-order valence-electron chi connectivity index (χ1n) is 8.04. The summed E-state index contributed by atoms with van der Waals surface area (Å²) in [5.74, 6) is -0.234. The molecule has 0 radical (unpaired) electrons. The molecule has 2 aromatic rings. The molecule has 0 spiro atoms. The second kappa shape index (κ2) is 7.48. The maximum Gasteiger partial charge on any atom is 0.123 e. The Morgan fingerprint density at radius 2 is 1.83 bits per heavy atom. The third-order valence-corrected chi connectivity index (χ3v) is 4.17. The number of benzene rings is 1. The Morgan fingerprint density at radius 3 is 2.52 bits per heavy atom. The molecule has 0 atom stereocenters. The van der Waals surface area contributed by atoms with Gasteiger partial charge in [0.05, 0.1) is 12.2 Å². The van der Waals surface area contributed by atoms with Crippen LogP contribution in [0.5, 0.6) is 0 Å². The van der Waals surface area contributed by atoms with Gasteiger partial charge >= 0.3 is 0 Å². The number of rotatable bonds is 6. The van der Waals surface area contributed by atoms with E-state index in [1.807, 2.05) is 16.8 Å².